The fraction of sp³-hybridized carbons (Fsp3) is 0.971. The van der Waals surface area contributed by atoms with Crippen molar-refractivity contribution in [2.24, 2.45) is 4.99 Å². The van der Waals surface area contributed by atoms with Crippen LogP contribution in [0.25, 0.3) is 0 Å². The summed E-state index contributed by atoms with van der Waals surface area (Å²) in [6.45, 7) is 5.21. The van der Waals surface area contributed by atoms with E-state index in [1.54, 1.807) is 6.08 Å². The molecule has 0 saturated heterocycles. The molecule has 0 aromatic heterocycles. The molecule has 0 aliphatic rings. The zero-order valence-electron chi connectivity index (χ0n) is 26.9. The van der Waals surface area contributed by atoms with Crippen molar-refractivity contribution in [1.82, 2.24) is 0 Å². The lowest BCUT2D eigenvalue weighted by Gasteiger charge is -2.11. The van der Waals surface area contributed by atoms with Crippen LogP contribution in [0.4, 0.5) is 0 Å². The molecule has 0 radical (unpaired) electrons. The van der Waals surface area contributed by atoms with Gasteiger partial charge in [0.05, 0.1) is 6.54 Å². The Labute approximate surface area is 252 Å². The fourth-order valence-corrected chi connectivity index (χ4v) is 7.22. The number of hydrogen-bond acceptors (Lipinski definition) is 2. The second-order valence-corrected chi connectivity index (χ2v) is 20.1. The van der Waals surface area contributed by atoms with Crippen molar-refractivity contribution in [1.29, 1.82) is 0 Å². The van der Waals surface area contributed by atoms with Gasteiger partial charge in [-0.05, 0) is 12.5 Å². The molecular weight excluding hydrogens is 514 g/mol. The highest BCUT2D eigenvalue weighted by molar-refractivity contribution is 7.19. The SMILES string of the molecule is C[Si](C)(Cl)CCCCCCCCCCCCCCCCCCCCCCCCCCCCCCCCN=C=O. The Hall–Kier alpha value is -0.113. The van der Waals surface area contributed by atoms with Gasteiger partial charge in [-0.1, -0.05) is 199 Å². The van der Waals surface area contributed by atoms with Gasteiger partial charge in [-0.25, -0.2) is 9.79 Å². The molecular formula is C35H70ClNOSi. The van der Waals surface area contributed by atoms with E-state index in [2.05, 4.69) is 18.1 Å². The van der Waals surface area contributed by atoms with Gasteiger partial charge in [-0.2, -0.15) is 11.1 Å². The maximum atomic E-state index is 9.99. The number of unbranched alkanes of at least 4 members (excludes halogenated alkanes) is 29. The van der Waals surface area contributed by atoms with Crippen molar-refractivity contribution in [3.8, 4) is 0 Å². The normalized spacial score (nSPS) is 11.7. The third-order valence-electron chi connectivity index (χ3n) is 8.36. The van der Waals surface area contributed by atoms with E-state index in [0.717, 1.165) is 6.42 Å². The van der Waals surface area contributed by atoms with Gasteiger partial charge in [0.1, 0.15) is 7.38 Å². The van der Waals surface area contributed by atoms with Crippen molar-refractivity contribution >= 4 is 24.5 Å². The number of carbonyl (C=O) groups excluding carboxylic acids is 1. The Morgan fingerprint density at radius 2 is 0.615 bits per heavy atom. The van der Waals surface area contributed by atoms with Crippen molar-refractivity contribution < 1.29 is 4.79 Å². The molecule has 0 rings (SSSR count). The second-order valence-electron chi connectivity index (χ2n) is 13.0. The van der Waals surface area contributed by atoms with Crippen molar-refractivity contribution in [2.45, 2.75) is 212 Å². The van der Waals surface area contributed by atoms with Crippen molar-refractivity contribution in [2.75, 3.05) is 6.54 Å². The molecule has 0 amide bonds. The Kier molecular flexibility index (Phi) is 32.3. The topological polar surface area (TPSA) is 29.4 Å². The van der Waals surface area contributed by atoms with Crippen LogP contribution in [0.15, 0.2) is 4.99 Å². The molecule has 0 saturated carbocycles. The maximum absolute atomic E-state index is 9.99. The zero-order chi connectivity index (χ0) is 28.5. The molecule has 0 atom stereocenters. The van der Waals surface area contributed by atoms with Gasteiger partial charge in [0.15, 0.2) is 0 Å². The minimum Gasteiger partial charge on any atom is -0.211 e. The van der Waals surface area contributed by atoms with Gasteiger partial charge in [0, 0.05) is 0 Å². The van der Waals surface area contributed by atoms with Crippen LogP contribution < -0.4 is 0 Å². The van der Waals surface area contributed by atoms with Gasteiger partial charge < -0.3 is 0 Å². The lowest BCUT2D eigenvalue weighted by Crippen LogP contribution is -2.14. The Morgan fingerprint density at radius 3 is 0.821 bits per heavy atom. The van der Waals surface area contributed by atoms with Crippen LogP contribution in [-0.2, 0) is 4.79 Å². The highest BCUT2D eigenvalue weighted by atomic mass is 35.6. The first kappa shape index (κ1) is 38.9. The molecule has 0 heterocycles. The van der Waals surface area contributed by atoms with Crippen LogP contribution in [0.5, 0.6) is 0 Å². The summed E-state index contributed by atoms with van der Waals surface area (Å²) in [6, 6.07) is 1.29. The minimum atomic E-state index is -1.32. The quantitative estimate of drug-likeness (QED) is 0.0248. The van der Waals surface area contributed by atoms with Crippen LogP contribution >= 0.6 is 11.1 Å². The lowest BCUT2D eigenvalue weighted by atomic mass is 10.0. The van der Waals surface area contributed by atoms with E-state index < -0.39 is 7.38 Å². The standard InChI is InChI=1S/C35H70ClNOSi/c1-39(2,36)34-32-30-28-26-24-22-20-18-16-14-12-10-8-6-4-3-5-7-9-11-13-15-17-19-21-23-25-27-29-31-33-37-35-38/h3-34H2,1-2H3. The molecule has 0 aliphatic carbocycles. The maximum Gasteiger partial charge on any atom is 0.234 e. The van der Waals surface area contributed by atoms with Gasteiger partial charge in [0.2, 0.25) is 6.08 Å². The molecule has 4 heteroatoms. The molecule has 0 aliphatic heterocycles. The summed E-state index contributed by atoms with van der Waals surface area (Å²) in [5.74, 6) is 0. The van der Waals surface area contributed by atoms with Crippen LogP contribution in [0.3, 0.4) is 0 Å². The largest absolute Gasteiger partial charge is 0.234 e. The zero-order valence-corrected chi connectivity index (χ0v) is 28.6. The number of nitrogens with zero attached hydrogens (tertiary/aromatic N) is 1. The highest BCUT2D eigenvalue weighted by Crippen LogP contribution is 2.20. The van der Waals surface area contributed by atoms with Crippen LogP contribution in [0.1, 0.15) is 193 Å². The average Bonchev–Trinajstić information content (AvgIpc) is 2.90. The van der Waals surface area contributed by atoms with E-state index in [0.29, 0.717) is 6.54 Å². The van der Waals surface area contributed by atoms with Crippen LogP contribution in [0.2, 0.25) is 19.1 Å². The van der Waals surface area contributed by atoms with Gasteiger partial charge in [-0.15, -0.1) is 0 Å². The molecule has 0 fully saturated rings. The molecule has 0 unspecified atom stereocenters. The first-order valence-corrected chi connectivity index (χ1v) is 22.0. The molecule has 0 aromatic rings. The predicted molar refractivity (Wildman–Crippen MR) is 180 cm³/mol. The summed E-state index contributed by atoms with van der Waals surface area (Å²) < 4.78 is 0. The lowest BCUT2D eigenvalue weighted by molar-refractivity contribution is 0.513. The van der Waals surface area contributed by atoms with Crippen LogP contribution in [0, 0.1) is 0 Å². The summed E-state index contributed by atoms with van der Waals surface area (Å²) in [5, 5.41) is 0. The van der Waals surface area contributed by atoms with Gasteiger partial charge >= 0.3 is 0 Å². The number of aliphatic imine (C=N–C) groups is 1. The third-order valence-corrected chi connectivity index (χ3v) is 10.5. The van der Waals surface area contributed by atoms with Gasteiger partial charge in [-0.3, -0.25) is 0 Å². The Bertz CT molecular complexity index is 515. The summed E-state index contributed by atoms with van der Waals surface area (Å²) in [6.07, 6.45) is 44.1. The van der Waals surface area contributed by atoms with E-state index >= 15 is 0 Å². The number of rotatable bonds is 33. The summed E-state index contributed by atoms with van der Waals surface area (Å²) in [5.41, 5.74) is 0. The van der Waals surface area contributed by atoms with Crippen molar-refractivity contribution in [3.05, 3.63) is 0 Å². The molecule has 0 spiro atoms. The minimum absolute atomic E-state index is 0.668. The van der Waals surface area contributed by atoms with E-state index in [4.69, 9.17) is 11.1 Å². The van der Waals surface area contributed by atoms with Crippen molar-refractivity contribution in [3.63, 3.8) is 0 Å². The Morgan fingerprint density at radius 1 is 0.410 bits per heavy atom. The average molecular weight is 584 g/mol. The monoisotopic (exact) mass is 583 g/mol. The molecule has 0 bridgehead atoms. The number of hydrogen-bond donors (Lipinski definition) is 0. The first-order chi connectivity index (χ1) is 19.1. The van der Waals surface area contributed by atoms with Gasteiger partial charge in [0.25, 0.3) is 0 Å². The summed E-state index contributed by atoms with van der Waals surface area (Å²) >= 11 is 6.39. The smallest absolute Gasteiger partial charge is 0.211 e. The molecule has 0 N–H and O–H groups in total. The third kappa shape index (κ3) is 37.9. The van der Waals surface area contributed by atoms with Crippen LogP contribution in [-0.4, -0.2) is 20.0 Å². The molecule has 39 heavy (non-hydrogen) atoms. The first-order valence-electron chi connectivity index (χ1n) is 17.8. The number of halogens is 1. The van der Waals surface area contributed by atoms with E-state index in [-0.39, 0.29) is 0 Å². The van der Waals surface area contributed by atoms with E-state index in [9.17, 15) is 4.79 Å². The van der Waals surface area contributed by atoms with E-state index in [1.807, 2.05) is 0 Å². The second kappa shape index (κ2) is 32.4. The Balaban J connectivity index is 3.05. The molecule has 232 valence electrons. The van der Waals surface area contributed by atoms with E-state index in [1.165, 1.54) is 192 Å². The molecule has 2 nitrogen and oxygen atoms in total. The highest BCUT2D eigenvalue weighted by Gasteiger charge is 2.15. The summed E-state index contributed by atoms with van der Waals surface area (Å²) in [4.78, 5) is 13.6. The fourth-order valence-electron chi connectivity index (χ4n) is 5.73. The predicted octanol–water partition coefficient (Wildman–Crippen LogP) is 13.5. The molecule has 0 aromatic carbocycles. The summed E-state index contributed by atoms with van der Waals surface area (Å²) in [7, 11) is -1.32. The number of isocyanates is 1.